The minimum absolute atomic E-state index is 0.176. The average molecular weight is 325 g/mol. The van der Waals surface area contributed by atoms with Gasteiger partial charge in [-0.25, -0.2) is 10.2 Å². The Bertz CT molecular complexity index is 780. The Balaban J connectivity index is 1.94. The molecule has 0 aliphatic rings. The lowest BCUT2D eigenvalue weighted by Crippen LogP contribution is -2.17. The molecule has 2 rings (SSSR count). The third kappa shape index (κ3) is 4.77. The molecule has 0 bridgehead atoms. The largest absolute Gasteiger partial charge is 0.478 e. The first-order valence-electron chi connectivity index (χ1n) is 7.00. The smallest absolute Gasteiger partial charge is 0.335 e. The van der Waals surface area contributed by atoms with Crippen molar-refractivity contribution >= 4 is 29.7 Å². The van der Waals surface area contributed by atoms with Crippen molar-refractivity contribution in [3.05, 3.63) is 65.2 Å². The number of aromatic carboxylic acids is 1. The SMILES string of the molecule is CC(=O)Nc1ccc(C(=O)NN=Cc2ccc(C(=O)O)cc2)cc1. The maximum absolute atomic E-state index is 11.9. The lowest BCUT2D eigenvalue weighted by molar-refractivity contribution is -0.114. The zero-order valence-corrected chi connectivity index (χ0v) is 12.8. The summed E-state index contributed by atoms with van der Waals surface area (Å²) in [5.41, 5.74) is 4.19. The summed E-state index contributed by atoms with van der Waals surface area (Å²) in [6, 6.07) is 12.4. The molecule has 2 amide bonds. The number of carboxylic acid groups (broad SMARTS) is 1. The average Bonchev–Trinajstić information content (AvgIpc) is 2.55. The van der Waals surface area contributed by atoms with Gasteiger partial charge in [0.25, 0.3) is 5.91 Å². The maximum Gasteiger partial charge on any atom is 0.335 e. The first-order chi connectivity index (χ1) is 11.5. The quantitative estimate of drug-likeness (QED) is 0.578. The molecule has 0 saturated carbocycles. The molecule has 0 radical (unpaired) electrons. The summed E-state index contributed by atoms with van der Waals surface area (Å²) < 4.78 is 0. The zero-order chi connectivity index (χ0) is 17.5. The van der Waals surface area contributed by atoms with E-state index in [9.17, 15) is 14.4 Å². The molecule has 0 aromatic heterocycles. The fourth-order valence-electron chi connectivity index (χ4n) is 1.85. The summed E-state index contributed by atoms with van der Waals surface area (Å²) in [6.45, 7) is 1.40. The van der Waals surface area contributed by atoms with Crippen LogP contribution >= 0.6 is 0 Å². The van der Waals surface area contributed by atoms with Gasteiger partial charge in [0.15, 0.2) is 0 Å². The summed E-state index contributed by atoms with van der Waals surface area (Å²) in [5.74, 6) is -1.59. The molecular weight excluding hydrogens is 310 g/mol. The van der Waals surface area contributed by atoms with Crippen molar-refractivity contribution in [3.8, 4) is 0 Å². The van der Waals surface area contributed by atoms with Crippen LogP contribution in [0, 0.1) is 0 Å². The van der Waals surface area contributed by atoms with Crippen LogP contribution in [-0.4, -0.2) is 29.1 Å². The molecule has 122 valence electrons. The van der Waals surface area contributed by atoms with Gasteiger partial charge in [0.05, 0.1) is 11.8 Å². The molecule has 0 saturated heterocycles. The number of hydrogen-bond acceptors (Lipinski definition) is 4. The fourth-order valence-corrected chi connectivity index (χ4v) is 1.85. The van der Waals surface area contributed by atoms with E-state index in [1.54, 1.807) is 36.4 Å². The number of rotatable bonds is 5. The van der Waals surface area contributed by atoms with E-state index in [0.29, 0.717) is 16.8 Å². The lowest BCUT2D eigenvalue weighted by atomic mass is 10.1. The van der Waals surface area contributed by atoms with Crippen LogP contribution in [0.3, 0.4) is 0 Å². The van der Waals surface area contributed by atoms with Gasteiger partial charge in [0.1, 0.15) is 0 Å². The Morgan fingerprint density at radius 1 is 0.958 bits per heavy atom. The number of carbonyl (C=O) groups excluding carboxylic acids is 2. The number of nitrogens with one attached hydrogen (secondary N) is 2. The molecule has 24 heavy (non-hydrogen) atoms. The molecule has 0 atom stereocenters. The van der Waals surface area contributed by atoms with E-state index >= 15 is 0 Å². The van der Waals surface area contributed by atoms with Crippen LogP contribution < -0.4 is 10.7 Å². The van der Waals surface area contributed by atoms with Crippen LogP contribution in [0.1, 0.15) is 33.2 Å². The molecule has 2 aromatic carbocycles. The minimum atomic E-state index is -1.01. The van der Waals surface area contributed by atoms with Crippen LogP contribution in [0.2, 0.25) is 0 Å². The topological polar surface area (TPSA) is 108 Å². The molecule has 0 heterocycles. The normalized spacial score (nSPS) is 10.4. The van der Waals surface area contributed by atoms with Gasteiger partial charge >= 0.3 is 5.97 Å². The Labute approximate surface area is 138 Å². The number of hydrazone groups is 1. The van der Waals surface area contributed by atoms with Crippen LogP contribution in [0.15, 0.2) is 53.6 Å². The van der Waals surface area contributed by atoms with E-state index in [-0.39, 0.29) is 11.5 Å². The number of hydrogen-bond donors (Lipinski definition) is 3. The Morgan fingerprint density at radius 2 is 1.54 bits per heavy atom. The highest BCUT2D eigenvalue weighted by molar-refractivity contribution is 5.96. The van der Waals surface area contributed by atoms with Crippen molar-refractivity contribution in [1.29, 1.82) is 0 Å². The van der Waals surface area contributed by atoms with Gasteiger partial charge in [0.2, 0.25) is 5.91 Å². The van der Waals surface area contributed by atoms with Gasteiger partial charge in [-0.1, -0.05) is 12.1 Å². The van der Waals surface area contributed by atoms with E-state index in [0.717, 1.165) is 0 Å². The number of nitrogens with zero attached hydrogens (tertiary/aromatic N) is 1. The molecule has 3 N–H and O–H groups in total. The summed E-state index contributed by atoms with van der Waals surface area (Å²) in [7, 11) is 0. The number of amides is 2. The minimum Gasteiger partial charge on any atom is -0.478 e. The van der Waals surface area contributed by atoms with E-state index in [4.69, 9.17) is 5.11 Å². The molecule has 0 aliphatic carbocycles. The van der Waals surface area contributed by atoms with Gasteiger partial charge in [-0.05, 0) is 42.0 Å². The van der Waals surface area contributed by atoms with Crippen molar-refractivity contribution in [2.45, 2.75) is 6.92 Å². The van der Waals surface area contributed by atoms with E-state index < -0.39 is 11.9 Å². The van der Waals surface area contributed by atoms with Gasteiger partial charge in [-0.3, -0.25) is 9.59 Å². The van der Waals surface area contributed by atoms with Gasteiger partial charge < -0.3 is 10.4 Å². The summed E-state index contributed by atoms with van der Waals surface area (Å²) in [5, 5.41) is 15.2. The molecule has 0 aliphatic heterocycles. The van der Waals surface area contributed by atoms with E-state index in [1.165, 1.54) is 25.3 Å². The van der Waals surface area contributed by atoms with Crippen molar-refractivity contribution in [1.82, 2.24) is 5.43 Å². The highest BCUT2D eigenvalue weighted by Crippen LogP contribution is 2.09. The van der Waals surface area contributed by atoms with Gasteiger partial charge in [-0.15, -0.1) is 0 Å². The van der Waals surface area contributed by atoms with Crippen LogP contribution in [-0.2, 0) is 4.79 Å². The molecule has 2 aromatic rings. The molecule has 7 nitrogen and oxygen atoms in total. The number of carboxylic acids is 1. The third-order valence-corrected chi connectivity index (χ3v) is 3.00. The van der Waals surface area contributed by atoms with E-state index in [1.807, 2.05) is 0 Å². The van der Waals surface area contributed by atoms with Crippen molar-refractivity contribution < 1.29 is 19.5 Å². The number of benzene rings is 2. The molecule has 0 fully saturated rings. The lowest BCUT2D eigenvalue weighted by Gasteiger charge is -2.03. The molecule has 0 unspecified atom stereocenters. The third-order valence-electron chi connectivity index (χ3n) is 3.00. The Hall–Kier alpha value is -3.48. The Morgan fingerprint density at radius 3 is 2.08 bits per heavy atom. The zero-order valence-electron chi connectivity index (χ0n) is 12.8. The predicted octanol–water partition coefficient (Wildman–Crippen LogP) is 2.11. The predicted molar refractivity (Wildman–Crippen MR) is 89.2 cm³/mol. The van der Waals surface area contributed by atoms with Gasteiger partial charge in [-0.2, -0.15) is 5.10 Å². The van der Waals surface area contributed by atoms with Crippen molar-refractivity contribution in [2.75, 3.05) is 5.32 Å². The second-order valence-electron chi connectivity index (χ2n) is 4.88. The first kappa shape index (κ1) is 16.9. The molecule has 7 heteroatoms. The highest BCUT2D eigenvalue weighted by Gasteiger charge is 2.04. The number of anilines is 1. The van der Waals surface area contributed by atoms with E-state index in [2.05, 4.69) is 15.8 Å². The van der Waals surface area contributed by atoms with Crippen molar-refractivity contribution in [2.24, 2.45) is 5.10 Å². The standard InChI is InChI=1S/C17H15N3O4/c1-11(21)19-15-8-6-13(7-9-15)16(22)20-18-10-12-2-4-14(5-3-12)17(23)24/h2-10H,1H3,(H,19,21)(H,20,22)(H,23,24). The summed E-state index contributed by atoms with van der Waals surface area (Å²) in [4.78, 5) is 33.6. The number of carbonyl (C=O) groups is 3. The summed E-state index contributed by atoms with van der Waals surface area (Å²) >= 11 is 0. The summed E-state index contributed by atoms with van der Waals surface area (Å²) in [6.07, 6.45) is 1.41. The van der Waals surface area contributed by atoms with Gasteiger partial charge in [0, 0.05) is 18.2 Å². The maximum atomic E-state index is 11.9. The highest BCUT2D eigenvalue weighted by atomic mass is 16.4. The molecular formula is C17H15N3O4. The van der Waals surface area contributed by atoms with Crippen molar-refractivity contribution in [3.63, 3.8) is 0 Å². The van der Waals surface area contributed by atoms with Crippen LogP contribution in [0.5, 0.6) is 0 Å². The Kier molecular flexibility index (Phi) is 5.40. The first-order valence-corrected chi connectivity index (χ1v) is 7.00. The fraction of sp³-hybridized carbons (Fsp3) is 0.0588. The second-order valence-corrected chi connectivity index (χ2v) is 4.88. The van der Waals surface area contributed by atoms with Crippen LogP contribution in [0.4, 0.5) is 5.69 Å². The van der Waals surface area contributed by atoms with Crippen LogP contribution in [0.25, 0.3) is 0 Å². The monoisotopic (exact) mass is 325 g/mol. The molecule has 0 spiro atoms. The second kappa shape index (κ2) is 7.68.